The van der Waals surface area contributed by atoms with E-state index in [1.54, 1.807) is 0 Å². The minimum Gasteiger partial charge on any atom is -0.309 e. The molecule has 1 aliphatic carbocycles. The van der Waals surface area contributed by atoms with Crippen molar-refractivity contribution in [3.63, 3.8) is 0 Å². The summed E-state index contributed by atoms with van der Waals surface area (Å²) < 4.78 is 2.52. The van der Waals surface area contributed by atoms with Gasteiger partial charge in [0.15, 0.2) is 0 Å². The van der Waals surface area contributed by atoms with Gasteiger partial charge in [-0.05, 0) is 113 Å². The number of nitrogens with zero attached hydrogens (tertiary/aromatic N) is 1. The smallest absolute Gasteiger partial charge is 0.0547 e. The van der Waals surface area contributed by atoms with Crippen molar-refractivity contribution >= 4 is 64.9 Å². The fourth-order valence-electron chi connectivity index (χ4n) is 9.24. The molecule has 0 aliphatic heterocycles. The van der Waals surface area contributed by atoms with Gasteiger partial charge in [0, 0.05) is 21.9 Å². The van der Waals surface area contributed by atoms with E-state index in [-0.39, 0.29) is 5.41 Å². The predicted molar refractivity (Wildman–Crippen MR) is 214 cm³/mol. The summed E-state index contributed by atoms with van der Waals surface area (Å²) in [6.07, 6.45) is 0. The molecule has 50 heavy (non-hydrogen) atoms. The fraction of sp³-hybridized carbons (Fsp3) is 0.0612. The minimum atomic E-state index is -0.0925. The van der Waals surface area contributed by atoms with Gasteiger partial charge in [-0.2, -0.15) is 0 Å². The molecule has 0 atom stereocenters. The Labute approximate surface area is 290 Å². The molecule has 0 amide bonds. The third-order valence-corrected chi connectivity index (χ3v) is 11.5. The second-order valence-electron chi connectivity index (χ2n) is 14.5. The van der Waals surface area contributed by atoms with Crippen LogP contribution in [0.2, 0.25) is 0 Å². The van der Waals surface area contributed by atoms with E-state index in [2.05, 4.69) is 182 Å². The SMILES string of the molecule is CC1(C)c2cccc3c4ccccc4c4cccc5c4c4c(c1ccc4n5-c1ccc4cc(-c5ccccc5)c(-c5ccccc5)cc4c1)c23. The Hall–Kier alpha value is -6.18. The first kappa shape index (κ1) is 27.7. The van der Waals surface area contributed by atoms with Crippen molar-refractivity contribution in [1.29, 1.82) is 0 Å². The van der Waals surface area contributed by atoms with Crippen molar-refractivity contribution in [2.45, 2.75) is 19.3 Å². The third kappa shape index (κ3) is 3.62. The molecule has 0 unspecified atom stereocenters. The molecule has 1 nitrogen and oxygen atoms in total. The van der Waals surface area contributed by atoms with Crippen LogP contribution in [-0.4, -0.2) is 4.57 Å². The van der Waals surface area contributed by atoms with E-state index in [0.29, 0.717) is 0 Å². The number of hydrogen-bond donors (Lipinski definition) is 0. The molecule has 0 fully saturated rings. The van der Waals surface area contributed by atoms with Gasteiger partial charge in [-0.15, -0.1) is 0 Å². The van der Waals surface area contributed by atoms with Gasteiger partial charge in [-0.3, -0.25) is 0 Å². The van der Waals surface area contributed by atoms with E-state index >= 15 is 0 Å². The summed E-state index contributed by atoms with van der Waals surface area (Å²) in [6.45, 7) is 4.79. The molecule has 10 aromatic rings. The van der Waals surface area contributed by atoms with Crippen molar-refractivity contribution in [1.82, 2.24) is 4.57 Å². The second kappa shape index (κ2) is 9.94. The van der Waals surface area contributed by atoms with Crippen LogP contribution in [0.15, 0.2) is 164 Å². The lowest BCUT2D eigenvalue weighted by molar-refractivity contribution is 0.663. The Bertz CT molecular complexity index is 3030. The van der Waals surface area contributed by atoms with E-state index in [1.807, 2.05) is 0 Å². The first-order valence-corrected chi connectivity index (χ1v) is 17.6. The van der Waals surface area contributed by atoms with E-state index < -0.39 is 0 Å². The van der Waals surface area contributed by atoms with Gasteiger partial charge in [-0.1, -0.05) is 141 Å². The van der Waals surface area contributed by atoms with Crippen molar-refractivity contribution in [2.24, 2.45) is 0 Å². The first-order valence-electron chi connectivity index (χ1n) is 17.6. The third-order valence-electron chi connectivity index (χ3n) is 11.5. The molecule has 1 aromatic heterocycles. The molecule has 9 aromatic carbocycles. The van der Waals surface area contributed by atoms with Crippen LogP contribution in [0.4, 0.5) is 0 Å². The second-order valence-corrected chi connectivity index (χ2v) is 14.5. The minimum absolute atomic E-state index is 0.0925. The van der Waals surface area contributed by atoms with Gasteiger partial charge in [0.2, 0.25) is 0 Å². The summed E-state index contributed by atoms with van der Waals surface area (Å²) >= 11 is 0. The van der Waals surface area contributed by atoms with Crippen molar-refractivity contribution in [3.05, 3.63) is 175 Å². The van der Waals surface area contributed by atoms with Crippen LogP contribution >= 0.6 is 0 Å². The van der Waals surface area contributed by atoms with E-state index in [0.717, 1.165) is 0 Å². The lowest BCUT2D eigenvalue weighted by atomic mass is 9.81. The molecule has 0 saturated carbocycles. The lowest BCUT2D eigenvalue weighted by Crippen LogP contribution is -2.15. The van der Waals surface area contributed by atoms with Gasteiger partial charge in [0.1, 0.15) is 0 Å². The molecule has 0 N–H and O–H groups in total. The summed E-state index contributed by atoms with van der Waals surface area (Å²) in [6, 6.07) is 61.0. The zero-order valence-electron chi connectivity index (χ0n) is 28.0. The van der Waals surface area contributed by atoms with Crippen molar-refractivity contribution in [2.75, 3.05) is 0 Å². The Balaban J connectivity index is 1.28. The first-order chi connectivity index (χ1) is 24.6. The zero-order chi connectivity index (χ0) is 33.1. The highest BCUT2D eigenvalue weighted by molar-refractivity contribution is 6.35. The largest absolute Gasteiger partial charge is 0.309 e. The molecule has 0 bridgehead atoms. The van der Waals surface area contributed by atoms with Crippen LogP contribution < -0.4 is 0 Å². The monoisotopic (exact) mass is 635 g/mol. The quantitative estimate of drug-likeness (QED) is 0.182. The Morgan fingerprint density at radius 2 is 0.940 bits per heavy atom. The maximum atomic E-state index is 2.52. The Morgan fingerprint density at radius 3 is 1.64 bits per heavy atom. The number of benzene rings is 8. The summed E-state index contributed by atoms with van der Waals surface area (Å²) in [5.74, 6) is 0. The van der Waals surface area contributed by atoms with Gasteiger partial charge in [0.25, 0.3) is 0 Å². The molecular weight excluding hydrogens is 603 g/mol. The number of fused-ring (bicyclic) bond motifs is 4. The molecular formula is C49H33N. The molecule has 0 spiro atoms. The number of hydrogen-bond acceptors (Lipinski definition) is 0. The normalized spacial score (nSPS) is 13.6. The lowest BCUT2D eigenvalue weighted by Gasteiger charge is -2.22. The summed E-state index contributed by atoms with van der Waals surface area (Å²) in [7, 11) is 0. The molecule has 11 rings (SSSR count). The summed E-state index contributed by atoms with van der Waals surface area (Å²) in [5.41, 5.74) is 11.4. The van der Waals surface area contributed by atoms with Crippen LogP contribution in [0.1, 0.15) is 25.0 Å². The summed E-state index contributed by atoms with van der Waals surface area (Å²) in [5, 5.41) is 13.2. The molecule has 0 saturated heterocycles. The topological polar surface area (TPSA) is 4.93 Å². The fourth-order valence-corrected chi connectivity index (χ4v) is 9.24. The zero-order valence-corrected chi connectivity index (χ0v) is 28.0. The van der Waals surface area contributed by atoms with Gasteiger partial charge in [0.05, 0.1) is 11.0 Å². The Kier molecular flexibility index (Phi) is 5.51. The molecule has 234 valence electrons. The highest BCUT2D eigenvalue weighted by atomic mass is 15.0. The van der Waals surface area contributed by atoms with Gasteiger partial charge >= 0.3 is 0 Å². The molecule has 1 aliphatic rings. The van der Waals surface area contributed by atoms with Crippen LogP contribution in [0, 0.1) is 0 Å². The Morgan fingerprint density at radius 1 is 0.380 bits per heavy atom. The average molecular weight is 636 g/mol. The van der Waals surface area contributed by atoms with Crippen LogP contribution in [0.3, 0.4) is 0 Å². The molecule has 0 radical (unpaired) electrons. The molecule has 1 heteroatoms. The number of aromatic nitrogens is 1. The predicted octanol–water partition coefficient (Wildman–Crippen LogP) is 13.4. The number of rotatable bonds is 3. The summed E-state index contributed by atoms with van der Waals surface area (Å²) in [4.78, 5) is 0. The van der Waals surface area contributed by atoms with Crippen molar-refractivity contribution < 1.29 is 0 Å². The standard InChI is InChI=1S/C49H33N/c1-49(2)41-21-11-19-37-35-17-9-10-18-36(35)38-20-12-22-43-46(38)48-44(26-25-42(49)47(48)45(37)41)50(43)34-24-23-32-28-39(30-13-5-3-6-14-30)40(29-33(32)27-34)31-15-7-4-8-16-31/h3-29H,1-2H3. The van der Waals surface area contributed by atoms with E-state index in [1.165, 1.54) is 104 Å². The maximum absolute atomic E-state index is 2.52. The molecule has 1 heterocycles. The van der Waals surface area contributed by atoms with Gasteiger partial charge in [-0.25, -0.2) is 0 Å². The highest BCUT2D eigenvalue weighted by Crippen LogP contribution is 2.53. The van der Waals surface area contributed by atoms with E-state index in [4.69, 9.17) is 0 Å². The van der Waals surface area contributed by atoms with Crippen LogP contribution in [0.25, 0.3) is 92.8 Å². The van der Waals surface area contributed by atoms with Crippen molar-refractivity contribution in [3.8, 4) is 27.9 Å². The average Bonchev–Trinajstić information content (AvgIpc) is 3.63. The van der Waals surface area contributed by atoms with Gasteiger partial charge < -0.3 is 4.57 Å². The highest BCUT2D eigenvalue weighted by Gasteiger charge is 2.35. The van der Waals surface area contributed by atoms with Crippen LogP contribution in [-0.2, 0) is 5.41 Å². The van der Waals surface area contributed by atoms with Crippen LogP contribution in [0.5, 0.6) is 0 Å². The van der Waals surface area contributed by atoms with E-state index in [9.17, 15) is 0 Å². The maximum Gasteiger partial charge on any atom is 0.0547 e.